The van der Waals surface area contributed by atoms with E-state index in [1.165, 1.54) is 0 Å². The van der Waals surface area contributed by atoms with E-state index in [4.69, 9.17) is 46.4 Å². The molecule has 0 bridgehead atoms. The van der Waals surface area contributed by atoms with E-state index in [0.717, 1.165) is 6.54 Å². The molecule has 0 saturated heterocycles. The number of carbonyl (C=O) groups is 2. The lowest BCUT2D eigenvalue weighted by molar-refractivity contribution is -0.125. The SMILES string of the molecule is CN(C)CCNC(=O)C1C/C(=C\c2cc(Cl)cc(Cl)c2)C(=O)/C(=C/c2cc(Cl)cc(Cl)c2)C1. The molecule has 8 heteroatoms. The number of halogens is 4. The first-order valence-corrected chi connectivity index (χ1v) is 11.9. The van der Waals surface area contributed by atoms with Crippen LogP contribution in [0.25, 0.3) is 12.2 Å². The molecule has 0 aliphatic heterocycles. The normalized spacial score (nSPS) is 18.9. The Morgan fingerprint density at radius 1 is 0.879 bits per heavy atom. The Morgan fingerprint density at radius 3 is 1.70 bits per heavy atom. The molecule has 1 fully saturated rings. The van der Waals surface area contributed by atoms with Crippen molar-refractivity contribution in [2.24, 2.45) is 5.92 Å². The third-order valence-electron chi connectivity index (χ3n) is 5.20. The van der Waals surface area contributed by atoms with E-state index < -0.39 is 0 Å². The summed E-state index contributed by atoms with van der Waals surface area (Å²) in [7, 11) is 3.89. The van der Waals surface area contributed by atoms with Crippen LogP contribution in [0, 0.1) is 5.92 Å². The van der Waals surface area contributed by atoms with Gasteiger partial charge in [0.15, 0.2) is 5.78 Å². The molecule has 4 nitrogen and oxygen atoms in total. The van der Waals surface area contributed by atoms with Crippen molar-refractivity contribution < 1.29 is 9.59 Å². The van der Waals surface area contributed by atoms with Crippen LogP contribution in [0.1, 0.15) is 24.0 Å². The molecule has 1 saturated carbocycles. The van der Waals surface area contributed by atoms with Crippen LogP contribution in [0.5, 0.6) is 0 Å². The number of hydrogen-bond donors (Lipinski definition) is 1. The van der Waals surface area contributed by atoms with Crippen molar-refractivity contribution in [3.63, 3.8) is 0 Å². The predicted octanol–water partition coefficient (Wildman–Crippen LogP) is 6.42. The van der Waals surface area contributed by atoms with Crippen LogP contribution in [-0.2, 0) is 9.59 Å². The van der Waals surface area contributed by atoms with Gasteiger partial charge in [0.25, 0.3) is 0 Å². The lowest BCUT2D eigenvalue weighted by Gasteiger charge is -2.25. The topological polar surface area (TPSA) is 49.4 Å². The first-order chi connectivity index (χ1) is 15.6. The summed E-state index contributed by atoms with van der Waals surface area (Å²) in [6.07, 6.45) is 4.14. The second-order valence-corrected chi connectivity index (χ2v) is 10.0. The monoisotopic (exact) mass is 524 g/mol. The van der Waals surface area contributed by atoms with Gasteiger partial charge in [-0.25, -0.2) is 0 Å². The number of benzene rings is 2. The molecular weight excluding hydrogens is 502 g/mol. The van der Waals surface area contributed by atoms with Crippen molar-refractivity contribution in [1.29, 1.82) is 0 Å². The summed E-state index contributed by atoms with van der Waals surface area (Å²) < 4.78 is 0. The Bertz CT molecular complexity index is 1010. The molecule has 2 aromatic rings. The zero-order chi connectivity index (χ0) is 24.1. The molecule has 174 valence electrons. The second kappa shape index (κ2) is 11.5. The minimum atomic E-state index is -0.383. The van der Waals surface area contributed by atoms with Gasteiger partial charge < -0.3 is 10.2 Å². The van der Waals surface area contributed by atoms with Crippen LogP contribution < -0.4 is 5.32 Å². The summed E-state index contributed by atoms with van der Waals surface area (Å²) in [5, 5.41) is 4.86. The number of nitrogens with one attached hydrogen (secondary N) is 1. The molecule has 0 aromatic heterocycles. The Kier molecular flexibility index (Phi) is 9.02. The number of hydrogen-bond acceptors (Lipinski definition) is 3. The number of ketones is 1. The minimum absolute atomic E-state index is 0.0885. The van der Waals surface area contributed by atoms with Crippen molar-refractivity contribution in [3.8, 4) is 0 Å². The van der Waals surface area contributed by atoms with Crippen molar-refractivity contribution in [2.45, 2.75) is 12.8 Å². The van der Waals surface area contributed by atoms with E-state index in [-0.39, 0.29) is 17.6 Å². The number of carbonyl (C=O) groups excluding carboxylic acids is 2. The molecule has 0 heterocycles. The Hall–Kier alpha value is -1.82. The molecule has 0 atom stereocenters. The fourth-order valence-electron chi connectivity index (χ4n) is 3.70. The highest BCUT2D eigenvalue weighted by atomic mass is 35.5. The van der Waals surface area contributed by atoms with E-state index in [0.29, 0.717) is 61.8 Å². The van der Waals surface area contributed by atoms with Gasteiger partial charge in [-0.05, 0) is 86.6 Å². The van der Waals surface area contributed by atoms with Crippen molar-refractivity contribution >= 4 is 70.2 Å². The summed E-state index contributed by atoms with van der Waals surface area (Å²) in [4.78, 5) is 28.3. The Morgan fingerprint density at radius 2 is 1.30 bits per heavy atom. The molecule has 0 radical (unpaired) electrons. The molecule has 1 aliphatic carbocycles. The highest BCUT2D eigenvalue weighted by molar-refractivity contribution is 6.35. The van der Waals surface area contributed by atoms with Gasteiger partial charge in [-0.2, -0.15) is 0 Å². The first-order valence-electron chi connectivity index (χ1n) is 10.4. The number of allylic oxidation sites excluding steroid dienone is 2. The smallest absolute Gasteiger partial charge is 0.223 e. The maximum Gasteiger partial charge on any atom is 0.223 e. The van der Waals surface area contributed by atoms with Crippen molar-refractivity contribution in [1.82, 2.24) is 10.2 Å². The molecular formula is C25H24Cl4N2O2. The minimum Gasteiger partial charge on any atom is -0.355 e. The van der Waals surface area contributed by atoms with Gasteiger partial charge in [0.1, 0.15) is 0 Å². The molecule has 0 unspecified atom stereocenters. The van der Waals surface area contributed by atoms with Gasteiger partial charge in [-0.1, -0.05) is 46.4 Å². The highest BCUT2D eigenvalue weighted by Crippen LogP contribution is 2.34. The summed E-state index contributed by atoms with van der Waals surface area (Å²) >= 11 is 24.5. The van der Waals surface area contributed by atoms with Crippen LogP contribution in [0.15, 0.2) is 47.5 Å². The van der Waals surface area contributed by atoms with E-state index >= 15 is 0 Å². The highest BCUT2D eigenvalue weighted by Gasteiger charge is 2.32. The van der Waals surface area contributed by atoms with E-state index in [1.54, 1.807) is 48.6 Å². The Labute approximate surface area is 214 Å². The first kappa shape index (κ1) is 25.8. The maximum atomic E-state index is 13.3. The summed E-state index contributed by atoms with van der Waals surface area (Å²) in [6.45, 7) is 1.26. The third-order valence-corrected chi connectivity index (χ3v) is 6.07. The maximum absolute atomic E-state index is 13.3. The largest absolute Gasteiger partial charge is 0.355 e. The van der Waals surface area contributed by atoms with Crippen LogP contribution in [0.3, 0.4) is 0 Å². The number of likely N-dealkylation sites (N-methyl/N-ethyl adjacent to an activating group) is 1. The molecule has 3 rings (SSSR count). The van der Waals surface area contributed by atoms with Crippen LogP contribution >= 0.6 is 46.4 Å². The number of rotatable bonds is 6. The lowest BCUT2D eigenvalue weighted by atomic mass is 9.79. The second-order valence-electron chi connectivity index (χ2n) is 8.27. The van der Waals surface area contributed by atoms with Gasteiger partial charge >= 0.3 is 0 Å². The lowest BCUT2D eigenvalue weighted by Crippen LogP contribution is -2.38. The summed E-state index contributed by atoms with van der Waals surface area (Å²) in [6, 6.07) is 10.2. The van der Waals surface area contributed by atoms with Gasteiger partial charge in [0, 0.05) is 50.2 Å². The number of Topliss-reactive ketones (excluding diaryl/α,β-unsaturated/α-hetero) is 1. The van der Waals surface area contributed by atoms with Gasteiger partial charge in [0.2, 0.25) is 5.91 Å². The zero-order valence-electron chi connectivity index (χ0n) is 18.3. The molecule has 1 N–H and O–H groups in total. The molecule has 1 amide bonds. The third kappa shape index (κ3) is 7.59. The summed E-state index contributed by atoms with van der Waals surface area (Å²) in [5.74, 6) is -0.597. The number of amides is 1. The van der Waals surface area contributed by atoms with Crippen molar-refractivity contribution in [2.75, 3.05) is 27.2 Å². The van der Waals surface area contributed by atoms with E-state index in [2.05, 4.69) is 5.32 Å². The predicted molar refractivity (Wildman–Crippen MR) is 138 cm³/mol. The summed E-state index contributed by atoms with van der Waals surface area (Å²) in [5.41, 5.74) is 2.45. The average molecular weight is 526 g/mol. The Balaban J connectivity index is 1.96. The quantitative estimate of drug-likeness (QED) is 0.442. The fourth-order valence-corrected chi connectivity index (χ4v) is 4.78. The number of nitrogens with zero attached hydrogens (tertiary/aromatic N) is 1. The van der Waals surface area contributed by atoms with Crippen LogP contribution in [0.2, 0.25) is 20.1 Å². The average Bonchev–Trinajstić information content (AvgIpc) is 2.69. The molecule has 2 aromatic carbocycles. The van der Waals surface area contributed by atoms with E-state index in [9.17, 15) is 9.59 Å². The van der Waals surface area contributed by atoms with E-state index in [1.807, 2.05) is 19.0 Å². The van der Waals surface area contributed by atoms with Gasteiger partial charge in [-0.3, -0.25) is 9.59 Å². The van der Waals surface area contributed by atoms with Crippen molar-refractivity contribution in [3.05, 3.63) is 78.8 Å². The van der Waals surface area contributed by atoms with Gasteiger partial charge in [-0.15, -0.1) is 0 Å². The zero-order valence-corrected chi connectivity index (χ0v) is 21.3. The molecule has 0 spiro atoms. The molecule has 33 heavy (non-hydrogen) atoms. The molecule has 1 aliphatic rings. The fraction of sp³-hybridized carbons (Fsp3) is 0.280. The van der Waals surface area contributed by atoms with Crippen LogP contribution in [-0.4, -0.2) is 43.8 Å². The standard InChI is InChI=1S/C25H24Cl4N2O2/c1-31(2)4-3-30-25(33)19-11-17(5-15-7-20(26)13-21(27)8-15)24(32)18(12-19)6-16-9-22(28)14-23(29)10-16/h5-10,13-14,19H,3-4,11-12H2,1-2H3,(H,30,33)/b17-5+,18-6+. The van der Waals surface area contributed by atoms with Crippen LogP contribution in [0.4, 0.5) is 0 Å². The van der Waals surface area contributed by atoms with Gasteiger partial charge in [0.05, 0.1) is 0 Å².